The number of rotatable bonds is 4. The second-order valence-corrected chi connectivity index (χ2v) is 11.5. The number of anilines is 2. The maximum Gasteiger partial charge on any atom is 0.282 e. The maximum atomic E-state index is 14.5. The van der Waals surface area contributed by atoms with E-state index in [4.69, 9.17) is 20.7 Å². The summed E-state index contributed by atoms with van der Waals surface area (Å²) in [4.78, 5) is 31.4. The minimum atomic E-state index is -0.962. The van der Waals surface area contributed by atoms with Gasteiger partial charge in [0.1, 0.15) is 11.3 Å². The third-order valence-corrected chi connectivity index (χ3v) is 8.30. The summed E-state index contributed by atoms with van der Waals surface area (Å²) in [5.74, 6) is -1.61. The number of hydrogen-bond donors (Lipinski definition) is 1. The highest BCUT2D eigenvalue weighted by atomic mass is 32.1. The number of nitrogen functional groups attached to an aromatic ring is 1. The number of likely N-dealkylation sites (tertiary alicyclic amines) is 1. The van der Waals surface area contributed by atoms with Crippen LogP contribution in [-0.4, -0.2) is 84.1 Å². The lowest BCUT2D eigenvalue weighted by Gasteiger charge is -2.36. The Morgan fingerprint density at radius 2 is 1.77 bits per heavy atom. The number of aromatic nitrogens is 3. The first-order valence-electron chi connectivity index (χ1n) is 14.2. The van der Waals surface area contributed by atoms with E-state index in [1.165, 1.54) is 50.9 Å². The van der Waals surface area contributed by atoms with Crippen LogP contribution in [0.4, 0.5) is 19.6 Å². The van der Waals surface area contributed by atoms with Crippen LogP contribution in [0.5, 0.6) is 5.88 Å². The first-order chi connectivity index (χ1) is 21.1. The summed E-state index contributed by atoms with van der Waals surface area (Å²) in [7, 11) is 3.71. The lowest BCUT2D eigenvalue weighted by Crippen LogP contribution is -2.49. The second-order valence-electron chi connectivity index (χ2n) is 10.5. The Bertz CT molecular complexity index is 1710. The number of nitrogens with two attached hydrogens (primary N) is 1. The molecule has 5 heterocycles. The van der Waals surface area contributed by atoms with Gasteiger partial charge in [-0.15, -0.1) is 0 Å². The fourth-order valence-corrected chi connectivity index (χ4v) is 6.05. The van der Waals surface area contributed by atoms with Gasteiger partial charge in [0.2, 0.25) is 5.88 Å². The van der Waals surface area contributed by atoms with E-state index < -0.39 is 11.7 Å². The third kappa shape index (κ3) is 7.20. The van der Waals surface area contributed by atoms with Crippen LogP contribution >= 0.6 is 11.3 Å². The highest BCUT2D eigenvalue weighted by Crippen LogP contribution is 2.38. The molecular weight excluding hydrogens is 586 g/mol. The van der Waals surface area contributed by atoms with E-state index in [0.717, 1.165) is 28.2 Å². The summed E-state index contributed by atoms with van der Waals surface area (Å²) >= 11 is 1.10. The van der Waals surface area contributed by atoms with Gasteiger partial charge in [-0.2, -0.15) is 5.26 Å². The zero-order valence-corrected chi connectivity index (χ0v) is 26.2. The van der Waals surface area contributed by atoms with Crippen LogP contribution in [-0.2, 0) is 4.79 Å². The van der Waals surface area contributed by atoms with Crippen LogP contribution in [0.1, 0.15) is 25.3 Å². The van der Waals surface area contributed by atoms with E-state index in [2.05, 4.69) is 33.4 Å². The van der Waals surface area contributed by atoms with Gasteiger partial charge in [-0.25, -0.2) is 18.7 Å². The molecule has 0 saturated carbocycles. The number of amides is 1. The van der Waals surface area contributed by atoms with E-state index in [-0.39, 0.29) is 10.9 Å². The van der Waals surface area contributed by atoms with E-state index in [1.54, 1.807) is 18.3 Å². The van der Waals surface area contributed by atoms with Crippen LogP contribution < -0.4 is 15.4 Å². The topological polar surface area (TPSA) is 124 Å². The molecule has 13 heteroatoms. The van der Waals surface area contributed by atoms with Crippen molar-refractivity contribution in [2.24, 2.45) is 0 Å². The Kier molecular flexibility index (Phi) is 10.6. The van der Waals surface area contributed by atoms with E-state index in [9.17, 15) is 13.6 Å². The standard InChI is InChI=1S/C24H22F2N6O2S.C5H11N.C2H3N/c1-12-8-15(26)22-21(30-24(27)35-22)19(12)14-9-16-20(28-11-14)17(10-18(29-16)34-3)31-4-6-32(7-5-31)23(33)13(2)25;1-6-4-2-3-5-6;1-2-3/h8-11H,2,4-7H2,1,3H3,(H2,27,30);2-5H2,1H3;1H3. The van der Waals surface area contributed by atoms with E-state index >= 15 is 0 Å². The Hall–Kier alpha value is -4.41. The lowest BCUT2D eigenvalue weighted by molar-refractivity contribution is -0.128. The molecule has 0 radical (unpaired) electrons. The number of nitriles is 1. The largest absolute Gasteiger partial charge is 0.481 e. The quantitative estimate of drug-likeness (QED) is 0.301. The van der Waals surface area contributed by atoms with Crippen LogP contribution in [0.25, 0.3) is 32.4 Å². The first kappa shape index (κ1) is 32.5. The monoisotopic (exact) mass is 622 g/mol. The fraction of sp³-hybridized carbons (Fsp3) is 0.387. The number of methoxy groups -OCH3 is 1. The van der Waals surface area contributed by atoms with Crippen LogP contribution in [0.15, 0.2) is 36.8 Å². The average molecular weight is 623 g/mol. The van der Waals surface area contributed by atoms with Crippen LogP contribution in [0, 0.1) is 24.1 Å². The number of halogens is 2. The van der Waals surface area contributed by atoms with Crippen molar-refractivity contribution in [3.8, 4) is 23.1 Å². The maximum absolute atomic E-state index is 14.5. The normalized spacial score (nSPS) is 14.8. The molecule has 2 N–H and O–H groups in total. The molecule has 0 unspecified atom stereocenters. The molecule has 0 aliphatic carbocycles. The smallest absolute Gasteiger partial charge is 0.282 e. The minimum Gasteiger partial charge on any atom is -0.481 e. The summed E-state index contributed by atoms with van der Waals surface area (Å²) in [5.41, 5.74) is 10.6. The van der Waals surface area contributed by atoms with E-state index in [0.29, 0.717) is 58.9 Å². The van der Waals surface area contributed by atoms with Gasteiger partial charge in [-0.3, -0.25) is 9.78 Å². The lowest BCUT2D eigenvalue weighted by atomic mass is 10.00. The van der Waals surface area contributed by atoms with Crippen molar-refractivity contribution in [3.63, 3.8) is 0 Å². The molecule has 2 aliphatic heterocycles. The predicted molar refractivity (Wildman–Crippen MR) is 171 cm³/mol. The molecule has 10 nitrogen and oxygen atoms in total. The number of piperazine rings is 1. The molecule has 232 valence electrons. The molecule has 6 rings (SSSR count). The summed E-state index contributed by atoms with van der Waals surface area (Å²) in [6.45, 7) is 10.7. The molecule has 4 aromatic rings. The van der Waals surface area contributed by atoms with Gasteiger partial charge in [0, 0.05) is 56.5 Å². The molecule has 1 aromatic carbocycles. The molecule has 0 atom stereocenters. The molecule has 2 aliphatic rings. The molecule has 2 saturated heterocycles. The summed E-state index contributed by atoms with van der Waals surface area (Å²) in [6.07, 6.45) is 4.54. The number of hydrogen-bond acceptors (Lipinski definition) is 10. The molecule has 0 bridgehead atoms. The van der Waals surface area contributed by atoms with Crippen molar-refractivity contribution < 1.29 is 18.3 Å². The van der Waals surface area contributed by atoms with Crippen molar-refractivity contribution >= 4 is 49.3 Å². The van der Waals surface area contributed by atoms with Gasteiger partial charge in [0.05, 0.1) is 34.6 Å². The number of nitrogens with zero attached hydrogens (tertiary/aromatic N) is 7. The van der Waals surface area contributed by atoms with Crippen molar-refractivity contribution in [1.29, 1.82) is 5.26 Å². The van der Waals surface area contributed by atoms with Crippen molar-refractivity contribution in [2.75, 3.05) is 64.1 Å². The van der Waals surface area contributed by atoms with Crippen LogP contribution in [0.3, 0.4) is 0 Å². The van der Waals surface area contributed by atoms with Crippen molar-refractivity contribution in [1.82, 2.24) is 24.8 Å². The number of thiazole rings is 1. The Balaban J connectivity index is 0.000000427. The van der Waals surface area contributed by atoms with Gasteiger partial charge >= 0.3 is 0 Å². The highest BCUT2D eigenvalue weighted by Gasteiger charge is 2.25. The summed E-state index contributed by atoms with van der Waals surface area (Å²) < 4.78 is 33.6. The number of ether oxygens (including phenoxy) is 1. The minimum absolute atomic E-state index is 0.288. The van der Waals surface area contributed by atoms with Gasteiger partial charge in [0.25, 0.3) is 5.91 Å². The molecular formula is C31H36F2N8O2S. The Morgan fingerprint density at radius 3 is 2.34 bits per heavy atom. The molecule has 1 amide bonds. The van der Waals surface area contributed by atoms with Gasteiger partial charge in [-0.05, 0) is 57.6 Å². The highest BCUT2D eigenvalue weighted by molar-refractivity contribution is 7.22. The average Bonchev–Trinajstić information content (AvgIpc) is 3.65. The fourth-order valence-electron chi connectivity index (χ4n) is 5.30. The number of carbonyl (C=O) groups is 1. The molecule has 0 spiro atoms. The SMILES string of the molecule is C=C(F)C(=O)N1CCN(c2cc(OC)nc3cc(-c4c(C)cc(F)c5sc(N)nc45)cnc23)CC1.CC#N.CN1CCCC1. The van der Waals surface area contributed by atoms with Gasteiger partial charge < -0.3 is 25.2 Å². The van der Waals surface area contributed by atoms with E-state index in [1.807, 2.05) is 13.0 Å². The zero-order chi connectivity index (χ0) is 32.0. The molecule has 3 aromatic heterocycles. The van der Waals surface area contributed by atoms with Crippen molar-refractivity contribution in [3.05, 3.63) is 48.2 Å². The summed E-state index contributed by atoms with van der Waals surface area (Å²) in [6, 6.07) is 6.89. The third-order valence-electron chi connectivity index (χ3n) is 7.40. The number of pyridine rings is 2. The molecule has 44 heavy (non-hydrogen) atoms. The number of aryl methyl sites for hydroxylation is 1. The van der Waals surface area contributed by atoms with Gasteiger partial charge in [-0.1, -0.05) is 17.9 Å². The van der Waals surface area contributed by atoms with Crippen molar-refractivity contribution in [2.45, 2.75) is 26.7 Å². The number of fused-ring (bicyclic) bond motifs is 2. The zero-order valence-electron chi connectivity index (χ0n) is 25.4. The Labute approximate surface area is 259 Å². The van der Waals surface area contributed by atoms with Crippen LogP contribution in [0.2, 0.25) is 0 Å². The first-order valence-corrected chi connectivity index (χ1v) is 15.0. The predicted octanol–water partition coefficient (Wildman–Crippen LogP) is 5.32. The summed E-state index contributed by atoms with van der Waals surface area (Å²) in [5, 5.41) is 7.61. The Morgan fingerprint density at radius 1 is 1.11 bits per heavy atom. The van der Waals surface area contributed by atoms with Gasteiger partial charge in [0.15, 0.2) is 11.0 Å². The number of benzene rings is 1. The number of carbonyl (C=O) groups excluding carboxylic acids is 1. The second kappa shape index (κ2) is 14.4. The molecule has 2 fully saturated rings.